The van der Waals surface area contributed by atoms with E-state index in [0.29, 0.717) is 20.9 Å². The summed E-state index contributed by atoms with van der Waals surface area (Å²) in [5.74, 6) is -0.740. The number of fused-ring (bicyclic) bond motifs is 1. The largest absolute Gasteiger partial charge is 0.405 e. The lowest BCUT2D eigenvalue weighted by Crippen LogP contribution is -2.35. The van der Waals surface area contributed by atoms with Gasteiger partial charge in [-0.05, 0) is 18.2 Å². The van der Waals surface area contributed by atoms with Crippen molar-refractivity contribution in [2.75, 3.05) is 6.54 Å². The predicted molar refractivity (Wildman–Crippen MR) is 71.0 cm³/mol. The standard InChI is InChI=1S/C12H9Cl2F3N2O/c13-7-3-9(14)8-1-2-19(10(8)4-7)5-11(20)18-6-12(15,16)17/h1-4H,5-6H2,(H,18,20). The summed E-state index contributed by atoms with van der Waals surface area (Å²) in [5, 5.41) is 3.29. The van der Waals surface area contributed by atoms with E-state index < -0.39 is 18.6 Å². The van der Waals surface area contributed by atoms with Gasteiger partial charge in [0.05, 0.1) is 10.5 Å². The Kier molecular flexibility index (Phi) is 4.15. The van der Waals surface area contributed by atoms with E-state index in [1.807, 2.05) is 0 Å². The molecule has 20 heavy (non-hydrogen) atoms. The SMILES string of the molecule is O=C(Cn1ccc2c(Cl)cc(Cl)cc21)NCC(F)(F)F. The molecule has 0 fully saturated rings. The lowest BCUT2D eigenvalue weighted by Gasteiger charge is -2.09. The van der Waals surface area contributed by atoms with E-state index in [1.165, 1.54) is 4.57 Å². The van der Waals surface area contributed by atoms with Crippen LogP contribution in [0.25, 0.3) is 10.9 Å². The van der Waals surface area contributed by atoms with Gasteiger partial charge < -0.3 is 9.88 Å². The molecule has 2 aromatic rings. The second kappa shape index (κ2) is 5.54. The van der Waals surface area contributed by atoms with Crippen molar-refractivity contribution in [3.63, 3.8) is 0 Å². The lowest BCUT2D eigenvalue weighted by atomic mass is 10.2. The number of nitrogens with zero attached hydrogens (tertiary/aromatic N) is 1. The van der Waals surface area contributed by atoms with Gasteiger partial charge in [-0.15, -0.1) is 0 Å². The quantitative estimate of drug-likeness (QED) is 0.919. The van der Waals surface area contributed by atoms with Gasteiger partial charge in [-0.1, -0.05) is 23.2 Å². The van der Waals surface area contributed by atoms with Crippen LogP contribution in [0.15, 0.2) is 24.4 Å². The minimum absolute atomic E-state index is 0.240. The number of carbonyl (C=O) groups excluding carboxylic acids is 1. The van der Waals surface area contributed by atoms with E-state index in [0.717, 1.165) is 0 Å². The van der Waals surface area contributed by atoms with Crippen LogP contribution < -0.4 is 5.32 Å². The van der Waals surface area contributed by atoms with Gasteiger partial charge in [0.15, 0.2) is 0 Å². The first-order valence-corrected chi connectivity index (χ1v) is 6.29. The number of aromatic nitrogens is 1. The molecule has 0 saturated heterocycles. The number of hydrogen-bond acceptors (Lipinski definition) is 1. The van der Waals surface area contributed by atoms with Gasteiger partial charge in [-0.25, -0.2) is 0 Å². The highest BCUT2D eigenvalue weighted by Crippen LogP contribution is 2.28. The highest BCUT2D eigenvalue weighted by atomic mass is 35.5. The molecule has 0 bridgehead atoms. The van der Waals surface area contributed by atoms with Crippen LogP contribution in [-0.2, 0) is 11.3 Å². The molecule has 2 rings (SSSR count). The topological polar surface area (TPSA) is 34.0 Å². The fourth-order valence-electron chi connectivity index (χ4n) is 1.77. The van der Waals surface area contributed by atoms with Crippen molar-refractivity contribution in [2.24, 2.45) is 0 Å². The van der Waals surface area contributed by atoms with E-state index in [4.69, 9.17) is 23.2 Å². The van der Waals surface area contributed by atoms with Gasteiger partial charge in [0.2, 0.25) is 5.91 Å². The molecular formula is C12H9Cl2F3N2O. The summed E-state index contributed by atoms with van der Waals surface area (Å²) in [4.78, 5) is 11.5. The Hall–Kier alpha value is -1.40. The van der Waals surface area contributed by atoms with Crippen molar-refractivity contribution in [1.82, 2.24) is 9.88 Å². The Bertz CT molecular complexity index is 652. The van der Waals surface area contributed by atoms with Crippen LogP contribution in [0.2, 0.25) is 10.0 Å². The maximum absolute atomic E-state index is 12.0. The minimum atomic E-state index is -4.43. The highest BCUT2D eigenvalue weighted by molar-refractivity contribution is 6.38. The maximum Gasteiger partial charge on any atom is 0.405 e. The lowest BCUT2D eigenvalue weighted by molar-refractivity contribution is -0.138. The second-order valence-electron chi connectivity index (χ2n) is 4.16. The van der Waals surface area contributed by atoms with Crippen molar-refractivity contribution >= 4 is 40.0 Å². The zero-order valence-electron chi connectivity index (χ0n) is 9.97. The zero-order chi connectivity index (χ0) is 14.9. The summed E-state index contributed by atoms with van der Waals surface area (Å²) in [6.07, 6.45) is -2.86. The molecule has 0 spiro atoms. The summed E-state index contributed by atoms with van der Waals surface area (Å²) in [5.41, 5.74) is 0.588. The zero-order valence-corrected chi connectivity index (χ0v) is 11.5. The third kappa shape index (κ3) is 3.58. The molecular weight excluding hydrogens is 316 g/mol. The molecule has 0 aliphatic carbocycles. The normalized spacial score (nSPS) is 11.8. The molecule has 8 heteroatoms. The van der Waals surface area contributed by atoms with Gasteiger partial charge >= 0.3 is 6.18 Å². The molecule has 0 unspecified atom stereocenters. The number of nitrogens with one attached hydrogen (secondary N) is 1. The van der Waals surface area contributed by atoms with Gasteiger partial charge in [0, 0.05) is 16.6 Å². The van der Waals surface area contributed by atoms with Crippen molar-refractivity contribution in [2.45, 2.75) is 12.7 Å². The Morgan fingerprint density at radius 1 is 1.30 bits per heavy atom. The van der Waals surface area contributed by atoms with Crippen molar-refractivity contribution in [3.05, 3.63) is 34.4 Å². The van der Waals surface area contributed by atoms with E-state index in [2.05, 4.69) is 0 Å². The predicted octanol–water partition coefficient (Wildman–Crippen LogP) is 3.63. The minimum Gasteiger partial charge on any atom is -0.345 e. The highest BCUT2D eigenvalue weighted by Gasteiger charge is 2.27. The average Bonchev–Trinajstić information content (AvgIpc) is 2.69. The molecule has 0 atom stereocenters. The van der Waals surface area contributed by atoms with Crippen LogP contribution >= 0.6 is 23.2 Å². The van der Waals surface area contributed by atoms with E-state index in [9.17, 15) is 18.0 Å². The number of hydrogen-bond donors (Lipinski definition) is 1. The average molecular weight is 325 g/mol. The van der Waals surface area contributed by atoms with Crippen LogP contribution in [0.3, 0.4) is 0 Å². The van der Waals surface area contributed by atoms with Crippen LogP contribution in [0.1, 0.15) is 0 Å². The number of amides is 1. The summed E-state index contributed by atoms with van der Waals surface area (Å²) in [6.45, 7) is -1.59. The summed E-state index contributed by atoms with van der Waals surface area (Å²) < 4.78 is 37.5. The maximum atomic E-state index is 12.0. The van der Waals surface area contributed by atoms with Gasteiger partial charge in [-0.3, -0.25) is 4.79 Å². The first-order chi connectivity index (χ1) is 9.26. The Morgan fingerprint density at radius 2 is 2.00 bits per heavy atom. The first kappa shape index (κ1) is 15.0. The number of halogens is 5. The molecule has 1 heterocycles. The van der Waals surface area contributed by atoms with Gasteiger partial charge in [0.25, 0.3) is 0 Å². The van der Waals surface area contributed by atoms with Gasteiger partial charge in [-0.2, -0.15) is 13.2 Å². The molecule has 1 aromatic heterocycles. The summed E-state index contributed by atoms with van der Waals surface area (Å²) >= 11 is 11.8. The fraction of sp³-hybridized carbons (Fsp3) is 0.250. The molecule has 1 N–H and O–H groups in total. The summed E-state index contributed by atoms with van der Waals surface area (Å²) in [7, 11) is 0. The Morgan fingerprint density at radius 3 is 2.65 bits per heavy atom. The molecule has 1 amide bonds. The van der Waals surface area contributed by atoms with Crippen LogP contribution in [0, 0.1) is 0 Å². The third-order valence-electron chi connectivity index (χ3n) is 2.60. The van der Waals surface area contributed by atoms with Crippen LogP contribution in [0.5, 0.6) is 0 Å². The smallest absolute Gasteiger partial charge is 0.345 e. The monoisotopic (exact) mass is 324 g/mol. The molecule has 1 aromatic carbocycles. The molecule has 0 aliphatic rings. The summed E-state index contributed by atoms with van der Waals surface area (Å²) in [6, 6.07) is 4.82. The third-order valence-corrected chi connectivity index (χ3v) is 3.13. The van der Waals surface area contributed by atoms with Crippen molar-refractivity contribution < 1.29 is 18.0 Å². The first-order valence-electron chi connectivity index (χ1n) is 5.53. The number of benzene rings is 1. The van der Waals surface area contributed by atoms with E-state index in [-0.39, 0.29) is 6.54 Å². The Labute approximate surface area is 122 Å². The van der Waals surface area contributed by atoms with E-state index in [1.54, 1.807) is 29.7 Å². The van der Waals surface area contributed by atoms with Crippen molar-refractivity contribution in [1.29, 1.82) is 0 Å². The van der Waals surface area contributed by atoms with Crippen LogP contribution in [0.4, 0.5) is 13.2 Å². The number of rotatable bonds is 3. The Balaban J connectivity index is 2.16. The molecule has 0 radical (unpaired) electrons. The molecule has 0 saturated carbocycles. The number of alkyl halides is 3. The van der Waals surface area contributed by atoms with Crippen molar-refractivity contribution in [3.8, 4) is 0 Å². The second-order valence-corrected chi connectivity index (χ2v) is 5.00. The molecule has 108 valence electrons. The van der Waals surface area contributed by atoms with Crippen LogP contribution in [-0.4, -0.2) is 23.2 Å². The van der Waals surface area contributed by atoms with Gasteiger partial charge in [0.1, 0.15) is 13.1 Å². The molecule has 0 aliphatic heterocycles. The number of carbonyl (C=O) groups is 1. The fourth-order valence-corrected chi connectivity index (χ4v) is 2.31. The molecule has 3 nitrogen and oxygen atoms in total. The van der Waals surface area contributed by atoms with E-state index >= 15 is 0 Å².